The average Bonchev–Trinajstić information content (AvgIpc) is 3.24. The Morgan fingerprint density at radius 1 is 1.03 bits per heavy atom. The van der Waals surface area contributed by atoms with Crippen molar-refractivity contribution in [1.29, 1.82) is 0 Å². The van der Waals surface area contributed by atoms with Crippen molar-refractivity contribution in [2.24, 2.45) is 0 Å². The Kier molecular flexibility index (Phi) is 7.91. The van der Waals surface area contributed by atoms with Gasteiger partial charge in [0.2, 0.25) is 5.52 Å². The highest BCUT2D eigenvalue weighted by molar-refractivity contribution is 9.10. The quantitative estimate of drug-likeness (QED) is 0.263. The molecule has 0 atom stereocenters. The van der Waals surface area contributed by atoms with Crippen molar-refractivity contribution in [3.8, 4) is 0 Å². The number of hydrogen-bond donors (Lipinski definition) is 2. The molecule has 0 spiro atoms. The lowest BCUT2D eigenvalue weighted by molar-refractivity contribution is -0.668. The van der Waals surface area contributed by atoms with Crippen molar-refractivity contribution < 1.29 is 34.9 Å². The van der Waals surface area contributed by atoms with Crippen LogP contribution in [0.1, 0.15) is 17.8 Å². The number of benzene rings is 2. The van der Waals surface area contributed by atoms with E-state index >= 15 is 0 Å². The third-order valence-electron chi connectivity index (χ3n) is 5.20. The first kappa shape index (κ1) is 26.5. The molecule has 1 aliphatic heterocycles. The van der Waals surface area contributed by atoms with Crippen LogP contribution in [0.2, 0.25) is 0 Å². The van der Waals surface area contributed by atoms with Gasteiger partial charge in [0.15, 0.2) is 6.54 Å². The van der Waals surface area contributed by atoms with Crippen molar-refractivity contribution >= 4 is 81.2 Å². The van der Waals surface area contributed by atoms with E-state index in [0.717, 1.165) is 29.6 Å². The van der Waals surface area contributed by atoms with Gasteiger partial charge in [-0.1, -0.05) is 39.0 Å². The van der Waals surface area contributed by atoms with Crippen molar-refractivity contribution in [2.45, 2.75) is 24.3 Å². The zero-order valence-corrected chi connectivity index (χ0v) is 22.9. The van der Waals surface area contributed by atoms with Gasteiger partial charge in [0.25, 0.3) is 25.2 Å². The van der Waals surface area contributed by atoms with Gasteiger partial charge in [-0.3, -0.25) is 9.11 Å². The Balaban J connectivity index is 1.73. The number of thiazole rings is 1. The highest BCUT2D eigenvalue weighted by atomic mass is 79.9. The van der Waals surface area contributed by atoms with Gasteiger partial charge in [-0.2, -0.15) is 21.4 Å². The summed E-state index contributed by atoms with van der Waals surface area (Å²) in [7, 11) is -8.23. The molecule has 8 nitrogen and oxygen atoms in total. The zero-order valence-electron chi connectivity index (χ0n) is 18.1. The fourth-order valence-electron chi connectivity index (χ4n) is 3.74. The normalized spacial score (nSPS) is 15.3. The summed E-state index contributed by atoms with van der Waals surface area (Å²) in [5, 5.41) is 1.55. The maximum atomic E-state index is 14.0. The Bertz CT molecular complexity index is 1520. The maximum Gasteiger partial charge on any atom is 0.265 e. The van der Waals surface area contributed by atoms with Crippen LogP contribution in [0, 0.1) is 5.82 Å². The van der Waals surface area contributed by atoms with Gasteiger partial charge >= 0.3 is 0 Å². The van der Waals surface area contributed by atoms with Crippen LogP contribution in [0.25, 0.3) is 16.3 Å². The summed E-state index contributed by atoms with van der Waals surface area (Å²) in [5.74, 6) is -1.21. The van der Waals surface area contributed by atoms with E-state index < -0.39 is 31.8 Å². The molecule has 0 saturated carbocycles. The molecule has 0 unspecified atom stereocenters. The highest BCUT2D eigenvalue weighted by Crippen LogP contribution is 2.47. The number of anilines is 1. The second kappa shape index (κ2) is 10.4. The first-order chi connectivity index (χ1) is 16.4. The third-order valence-corrected chi connectivity index (χ3v) is 9.53. The van der Waals surface area contributed by atoms with Crippen molar-refractivity contribution in [1.82, 2.24) is 0 Å². The molecule has 0 radical (unpaired) electrons. The molecule has 2 heterocycles. The van der Waals surface area contributed by atoms with Crippen molar-refractivity contribution in [3.63, 3.8) is 0 Å². The Hall–Kier alpha value is -1.55. The van der Waals surface area contributed by atoms with Crippen molar-refractivity contribution in [2.75, 3.05) is 23.0 Å². The third kappa shape index (κ3) is 6.81. The SMILES string of the molecule is O=S(=O)(O)CCCN1/C(=C/c2sc3ccc(Br)cc3[n+]2CCCS(=O)(=O)O)Sc2ccc(F)cc21. The summed E-state index contributed by atoms with van der Waals surface area (Å²) in [6.45, 7) is 0.582. The molecule has 0 fully saturated rings. The molecule has 0 bridgehead atoms. The zero-order chi connectivity index (χ0) is 25.4. The predicted molar refractivity (Wildman–Crippen MR) is 139 cm³/mol. The molecule has 1 aromatic heterocycles. The van der Waals surface area contributed by atoms with E-state index in [9.17, 15) is 21.2 Å². The predicted octanol–water partition coefficient (Wildman–Crippen LogP) is 4.56. The second-order valence-corrected chi connectivity index (χ2v) is 14.0. The van der Waals surface area contributed by atoms with E-state index in [1.54, 1.807) is 6.07 Å². The molecule has 35 heavy (non-hydrogen) atoms. The molecular formula is C21H21BrFN2O6S4+. The lowest BCUT2D eigenvalue weighted by Gasteiger charge is -2.19. The van der Waals surface area contributed by atoms with Crippen LogP contribution in [0.15, 0.2) is 50.8 Å². The van der Waals surface area contributed by atoms with Crippen LogP contribution in [0.4, 0.5) is 10.1 Å². The Morgan fingerprint density at radius 2 is 1.74 bits per heavy atom. The van der Waals surface area contributed by atoms with Crippen LogP contribution in [-0.4, -0.2) is 44.0 Å². The molecule has 14 heteroatoms. The Morgan fingerprint density at radius 3 is 2.46 bits per heavy atom. The molecule has 188 valence electrons. The monoisotopic (exact) mass is 623 g/mol. The highest BCUT2D eigenvalue weighted by Gasteiger charge is 2.29. The molecule has 4 rings (SSSR count). The molecular weight excluding hydrogens is 603 g/mol. The van der Waals surface area contributed by atoms with Crippen LogP contribution in [-0.2, 0) is 26.8 Å². The Labute approximate surface area is 219 Å². The minimum atomic E-state index is -4.13. The lowest BCUT2D eigenvalue weighted by atomic mass is 10.2. The fraction of sp³-hybridized carbons (Fsp3) is 0.286. The van der Waals surface area contributed by atoms with Crippen LogP contribution in [0.3, 0.4) is 0 Å². The summed E-state index contributed by atoms with van der Waals surface area (Å²) in [6, 6.07) is 10.2. The number of aromatic nitrogens is 1. The topological polar surface area (TPSA) is 116 Å². The van der Waals surface area contributed by atoms with E-state index in [4.69, 9.17) is 9.11 Å². The number of nitrogens with zero attached hydrogens (tertiary/aromatic N) is 2. The number of halogens is 2. The molecule has 2 N–H and O–H groups in total. The van der Waals surface area contributed by atoms with E-state index in [1.807, 2.05) is 33.7 Å². The standard InChI is InChI=1S/C21H20BrFN2O6S4/c22-14-3-5-18-16(11-14)24(7-1-9-34(26,27)28)20(32-18)13-21-25(8-2-10-35(29,30)31)17-12-15(23)4-6-19(17)33-21/h3-6,11-13H,1-2,7-10H2,(H-,26,27,28,29,30,31)/p+1. The first-order valence-corrected chi connectivity index (χ1v) is 16.0. The molecule has 2 aromatic carbocycles. The maximum absolute atomic E-state index is 14.0. The van der Waals surface area contributed by atoms with E-state index in [1.165, 1.54) is 35.2 Å². The molecule has 3 aromatic rings. The molecule has 0 amide bonds. The van der Waals surface area contributed by atoms with Gasteiger partial charge in [0.05, 0.1) is 28.3 Å². The minimum Gasteiger partial charge on any atom is -0.335 e. The molecule has 1 aliphatic rings. The summed E-state index contributed by atoms with van der Waals surface area (Å²) in [6.07, 6.45) is 2.25. The van der Waals surface area contributed by atoms with Crippen molar-refractivity contribution in [3.05, 3.63) is 56.7 Å². The number of fused-ring (bicyclic) bond motifs is 2. The smallest absolute Gasteiger partial charge is 0.265 e. The lowest BCUT2D eigenvalue weighted by Crippen LogP contribution is -2.36. The number of rotatable bonds is 9. The first-order valence-electron chi connectivity index (χ1n) is 10.4. The summed E-state index contributed by atoms with van der Waals surface area (Å²) >= 11 is 6.37. The number of hydrogen-bond acceptors (Lipinski definition) is 7. The summed E-state index contributed by atoms with van der Waals surface area (Å²) in [4.78, 5) is 2.63. The van der Waals surface area contributed by atoms with E-state index in [0.29, 0.717) is 12.2 Å². The molecule has 0 aliphatic carbocycles. The van der Waals surface area contributed by atoms with Crippen LogP contribution < -0.4 is 9.47 Å². The van der Waals surface area contributed by atoms with Gasteiger partial charge in [0.1, 0.15) is 10.5 Å². The van der Waals surface area contributed by atoms with Gasteiger partial charge in [0, 0.05) is 28.4 Å². The van der Waals surface area contributed by atoms with Crippen LogP contribution in [0.5, 0.6) is 0 Å². The molecule has 0 saturated heterocycles. The largest absolute Gasteiger partial charge is 0.335 e. The number of aryl methyl sites for hydroxylation is 1. The summed E-state index contributed by atoms with van der Waals surface area (Å²) < 4.78 is 81.0. The van der Waals surface area contributed by atoms with Gasteiger partial charge in [-0.15, -0.1) is 0 Å². The van der Waals surface area contributed by atoms with E-state index in [2.05, 4.69) is 15.9 Å². The summed E-state index contributed by atoms with van der Waals surface area (Å²) in [5.41, 5.74) is 1.49. The number of thioether (sulfide) groups is 1. The fourth-order valence-corrected chi connectivity index (χ4v) is 7.36. The van der Waals surface area contributed by atoms with Gasteiger partial charge < -0.3 is 4.90 Å². The average molecular weight is 625 g/mol. The second-order valence-electron chi connectivity index (χ2n) is 7.83. The van der Waals surface area contributed by atoms with Gasteiger partial charge in [-0.25, -0.2) is 4.39 Å². The van der Waals surface area contributed by atoms with Crippen LogP contribution >= 0.6 is 39.0 Å². The minimum absolute atomic E-state index is 0.139. The van der Waals surface area contributed by atoms with Gasteiger partial charge in [-0.05, 0) is 36.8 Å². The van der Waals surface area contributed by atoms with E-state index in [-0.39, 0.29) is 25.1 Å².